The van der Waals surface area contributed by atoms with Gasteiger partial charge in [0, 0.05) is 31.2 Å². The number of primary amides is 1. The summed E-state index contributed by atoms with van der Waals surface area (Å²) in [5, 5.41) is 2.03. The highest BCUT2D eigenvalue weighted by Gasteiger charge is 2.81. The van der Waals surface area contributed by atoms with E-state index >= 15 is 8.78 Å². The number of nitrogens with one attached hydrogen (secondary N) is 1. The highest BCUT2D eigenvalue weighted by Crippen LogP contribution is 2.59. The highest BCUT2D eigenvalue weighted by molar-refractivity contribution is 9.11. The molecule has 17 heteroatoms. The fourth-order valence-electron chi connectivity index (χ4n) is 3.66. The minimum Gasteiger partial charge on any atom is -0.366 e. The molecule has 0 spiro atoms. The van der Waals surface area contributed by atoms with Crippen molar-refractivity contribution in [2.24, 2.45) is 5.73 Å². The van der Waals surface area contributed by atoms with Crippen LogP contribution in [-0.2, 0) is 5.67 Å². The molecule has 220 valence electrons. The minimum atomic E-state index is -6.98. The maximum Gasteiger partial charge on any atom is 0.457 e. The van der Waals surface area contributed by atoms with E-state index in [2.05, 4.69) is 31.9 Å². The van der Waals surface area contributed by atoms with Crippen LogP contribution >= 0.6 is 31.9 Å². The van der Waals surface area contributed by atoms with Gasteiger partial charge in [-0.3, -0.25) is 9.59 Å². The maximum absolute atomic E-state index is 15.3. The van der Waals surface area contributed by atoms with Crippen molar-refractivity contribution in [3.63, 3.8) is 0 Å². The molecule has 2 amide bonds. The van der Waals surface area contributed by atoms with Crippen LogP contribution in [0.15, 0.2) is 57.5 Å². The normalized spacial score (nSPS) is 14.0. The lowest BCUT2D eigenvalue weighted by Gasteiger charge is -2.36. The maximum atomic E-state index is 15.3. The smallest absolute Gasteiger partial charge is 0.366 e. The number of carbonyl (C=O) groups is 2. The van der Waals surface area contributed by atoms with E-state index < -0.39 is 84.3 Å². The molecule has 1 atom stereocenters. The summed E-state index contributed by atoms with van der Waals surface area (Å²) in [6.45, 7) is 0. The third-order valence-electron chi connectivity index (χ3n) is 5.62. The van der Waals surface area contributed by atoms with Gasteiger partial charge in [0.2, 0.25) is 0 Å². The predicted octanol–water partition coefficient (Wildman–Crippen LogP) is 8.43. The zero-order valence-electron chi connectivity index (χ0n) is 19.4. The van der Waals surface area contributed by atoms with Crippen LogP contribution in [0.1, 0.15) is 26.3 Å². The van der Waals surface area contributed by atoms with E-state index in [0.29, 0.717) is 0 Å². The number of anilines is 1. The van der Waals surface area contributed by atoms with Crippen LogP contribution in [0.3, 0.4) is 0 Å². The van der Waals surface area contributed by atoms with Crippen molar-refractivity contribution < 1.29 is 57.9 Å². The van der Waals surface area contributed by atoms with Gasteiger partial charge < -0.3 is 11.1 Å². The van der Waals surface area contributed by atoms with Gasteiger partial charge in [0.1, 0.15) is 5.82 Å². The topological polar surface area (TPSA) is 72.2 Å². The number of halogens is 13. The molecule has 0 aliphatic carbocycles. The van der Waals surface area contributed by atoms with Crippen LogP contribution in [0, 0.1) is 11.6 Å². The Morgan fingerprint density at radius 2 is 1.34 bits per heavy atom. The molecule has 0 bridgehead atoms. The molecule has 0 heterocycles. The summed E-state index contributed by atoms with van der Waals surface area (Å²) >= 11 is 5.34. The van der Waals surface area contributed by atoms with Gasteiger partial charge in [-0.05, 0) is 36.4 Å². The van der Waals surface area contributed by atoms with E-state index in [4.69, 9.17) is 5.73 Å². The van der Waals surface area contributed by atoms with Crippen LogP contribution in [0.2, 0.25) is 0 Å². The Hall–Kier alpha value is -3.21. The van der Waals surface area contributed by atoms with Crippen molar-refractivity contribution in [3.05, 3.63) is 85.8 Å². The molecule has 3 N–H and O–H groups in total. The lowest BCUT2D eigenvalue weighted by atomic mass is 9.86. The first-order chi connectivity index (χ1) is 18.6. The second kappa shape index (κ2) is 10.9. The number of hydrogen-bond donors (Lipinski definition) is 2. The molecule has 0 aliphatic heterocycles. The molecule has 3 aromatic rings. The molecule has 0 aromatic heterocycles. The monoisotopic (exact) mass is 726 g/mol. The van der Waals surface area contributed by atoms with E-state index in [1.54, 1.807) is 0 Å². The summed E-state index contributed by atoms with van der Waals surface area (Å²) in [7, 11) is 0. The molecule has 1 unspecified atom stereocenters. The van der Waals surface area contributed by atoms with Gasteiger partial charge >= 0.3 is 23.9 Å². The average molecular weight is 728 g/mol. The number of hydrogen-bond acceptors (Lipinski definition) is 2. The number of benzene rings is 3. The molecule has 3 aromatic carbocycles. The highest BCUT2D eigenvalue weighted by atomic mass is 79.9. The van der Waals surface area contributed by atoms with Crippen molar-refractivity contribution in [2.45, 2.75) is 23.9 Å². The number of amides is 2. The molecule has 0 saturated heterocycles. The van der Waals surface area contributed by atoms with Gasteiger partial charge in [-0.25, -0.2) is 13.2 Å². The summed E-state index contributed by atoms with van der Waals surface area (Å²) in [5.74, 6) is -11.8. The van der Waals surface area contributed by atoms with Crippen LogP contribution in [0.25, 0.3) is 11.1 Å². The molecule has 41 heavy (non-hydrogen) atoms. The fourth-order valence-corrected chi connectivity index (χ4v) is 5.27. The Balaban J connectivity index is 2.29. The van der Waals surface area contributed by atoms with Crippen molar-refractivity contribution in [1.82, 2.24) is 0 Å². The quantitative estimate of drug-likeness (QED) is 0.250. The van der Waals surface area contributed by atoms with Gasteiger partial charge in [-0.1, -0.05) is 44.0 Å². The number of rotatable bonds is 6. The summed E-state index contributed by atoms with van der Waals surface area (Å²) in [5.41, 5.74) is -6.40. The average Bonchev–Trinajstić information content (AvgIpc) is 2.83. The summed E-state index contributed by atoms with van der Waals surface area (Å²) < 4.78 is 150. The van der Waals surface area contributed by atoms with E-state index in [9.17, 15) is 49.1 Å². The zero-order chi connectivity index (χ0) is 31.3. The minimum absolute atomic E-state index is 0.0364. The molecule has 4 nitrogen and oxygen atoms in total. The van der Waals surface area contributed by atoms with E-state index in [1.165, 1.54) is 0 Å². The first kappa shape index (κ1) is 32.3. The number of alkyl halides is 9. The standard InChI is InChI=1S/C24H11Br2F11N2O2/c25-14-7-10(21(29,23(32,33)34)22(30,31)24(35,36)37)8-15(26)16(14)12-4-5-13(19(38)40)17(28)18(12)39-20(41)9-2-1-3-11(27)6-9/h1-8H,(H2,38,40)(H,39,41). The molecular weight excluding hydrogens is 717 g/mol. The second-order valence-electron chi connectivity index (χ2n) is 8.22. The van der Waals surface area contributed by atoms with Crippen molar-refractivity contribution in [2.75, 3.05) is 5.32 Å². The van der Waals surface area contributed by atoms with Gasteiger partial charge in [-0.15, -0.1) is 0 Å². The Bertz CT molecular complexity index is 1520. The zero-order valence-corrected chi connectivity index (χ0v) is 22.6. The van der Waals surface area contributed by atoms with Crippen LogP contribution in [-0.4, -0.2) is 30.1 Å². The van der Waals surface area contributed by atoms with Gasteiger partial charge in [0.05, 0.1) is 11.3 Å². The Morgan fingerprint density at radius 1 is 0.780 bits per heavy atom. The van der Waals surface area contributed by atoms with Crippen molar-refractivity contribution in [3.8, 4) is 11.1 Å². The first-order valence-corrected chi connectivity index (χ1v) is 12.1. The molecular formula is C24H11Br2F11N2O2. The van der Waals surface area contributed by atoms with Gasteiger partial charge in [-0.2, -0.15) is 35.1 Å². The van der Waals surface area contributed by atoms with E-state index in [1.807, 2.05) is 5.32 Å². The predicted molar refractivity (Wildman–Crippen MR) is 130 cm³/mol. The molecule has 0 saturated carbocycles. The molecule has 0 fully saturated rings. The SMILES string of the molecule is NC(=O)c1ccc(-c2c(Br)cc(C(F)(C(F)(F)F)C(F)(F)C(F)(F)F)cc2Br)c(NC(=O)c2cccc(F)c2)c1F. The lowest BCUT2D eigenvalue weighted by molar-refractivity contribution is -0.389. The Kier molecular flexibility index (Phi) is 8.58. The summed E-state index contributed by atoms with van der Waals surface area (Å²) in [4.78, 5) is 24.4. The third kappa shape index (κ3) is 5.65. The third-order valence-corrected chi connectivity index (χ3v) is 6.87. The molecule has 3 rings (SSSR count). The Morgan fingerprint density at radius 3 is 1.80 bits per heavy atom. The van der Waals surface area contributed by atoms with Crippen molar-refractivity contribution in [1.29, 1.82) is 0 Å². The summed E-state index contributed by atoms with van der Waals surface area (Å²) in [6, 6.07) is 5.53. The molecule has 0 radical (unpaired) electrons. The second-order valence-corrected chi connectivity index (χ2v) is 9.93. The summed E-state index contributed by atoms with van der Waals surface area (Å²) in [6.07, 6.45) is -13.8. The van der Waals surface area contributed by atoms with Crippen LogP contribution in [0.5, 0.6) is 0 Å². The number of nitrogens with two attached hydrogens (primary N) is 1. The van der Waals surface area contributed by atoms with E-state index in [-0.39, 0.29) is 17.7 Å². The van der Waals surface area contributed by atoms with Crippen LogP contribution < -0.4 is 11.1 Å². The van der Waals surface area contributed by atoms with Gasteiger partial charge in [0.25, 0.3) is 11.8 Å². The van der Waals surface area contributed by atoms with E-state index in [0.717, 1.165) is 36.4 Å². The lowest BCUT2D eigenvalue weighted by Crippen LogP contribution is -2.59. The fraction of sp³-hybridized carbons (Fsp3) is 0.167. The largest absolute Gasteiger partial charge is 0.457 e. The number of carbonyl (C=O) groups excluding carboxylic acids is 2. The van der Waals surface area contributed by atoms with Gasteiger partial charge in [0.15, 0.2) is 5.82 Å². The Labute approximate surface area is 239 Å². The van der Waals surface area contributed by atoms with Crippen molar-refractivity contribution >= 4 is 49.4 Å². The molecule has 0 aliphatic rings. The first-order valence-electron chi connectivity index (χ1n) is 10.5. The van der Waals surface area contributed by atoms with Crippen LogP contribution in [0.4, 0.5) is 54.0 Å².